The van der Waals surface area contributed by atoms with Gasteiger partial charge in [-0.3, -0.25) is 4.79 Å². The van der Waals surface area contributed by atoms with Gasteiger partial charge in [0.15, 0.2) is 0 Å². The van der Waals surface area contributed by atoms with E-state index in [-0.39, 0.29) is 5.91 Å². The van der Waals surface area contributed by atoms with Crippen LogP contribution in [0.25, 0.3) is 6.08 Å². The zero-order valence-electron chi connectivity index (χ0n) is 10.5. The molecule has 2 atom stereocenters. The largest absolute Gasteiger partial charge is 0.465 e. The van der Waals surface area contributed by atoms with Gasteiger partial charge in [0.1, 0.15) is 5.76 Å². The van der Waals surface area contributed by atoms with Crippen molar-refractivity contribution in [1.29, 1.82) is 0 Å². The highest BCUT2D eigenvalue weighted by molar-refractivity contribution is 5.91. The second-order valence-electron chi connectivity index (χ2n) is 5.28. The highest BCUT2D eigenvalue weighted by atomic mass is 16.3. The molecule has 0 radical (unpaired) electrons. The zero-order valence-corrected chi connectivity index (χ0v) is 10.5. The molecule has 1 aromatic heterocycles. The lowest BCUT2D eigenvalue weighted by Gasteiger charge is -2.31. The molecular formula is C15H19NO2. The fourth-order valence-electron chi connectivity index (χ4n) is 3.31. The summed E-state index contributed by atoms with van der Waals surface area (Å²) in [5.41, 5.74) is 0. The van der Waals surface area contributed by atoms with Crippen molar-refractivity contribution in [3.8, 4) is 0 Å². The molecule has 1 aliphatic carbocycles. The minimum Gasteiger partial charge on any atom is -0.465 e. The molecule has 3 rings (SSSR count). The van der Waals surface area contributed by atoms with Gasteiger partial charge in [0.2, 0.25) is 5.91 Å². The molecule has 0 N–H and O–H groups in total. The van der Waals surface area contributed by atoms with Gasteiger partial charge in [0, 0.05) is 18.7 Å². The van der Waals surface area contributed by atoms with Crippen LogP contribution in [0.1, 0.15) is 37.9 Å². The number of carbonyl (C=O) groups is 1. The number of carbonyl (C=O) groups excluding carboxylic acids is 1. The van der Waals surface area contributed by atoms with Crippen molar-refractivity contribution >= 4 is 12.0 Å². The smallest absolute Gasteiger partial charge is 0.246 e. The van der Waals surface area contributed by atoms with Gasteiger partial charge in [-0.2, -0.15) is 0 Å². The van der Waals surface area contributed by atoms with E-state index in [1.165, 1.54) is 32.1 Å². The Morgan fingerprint density at radius 3 is 3.06 bits per heavy atom. The molecule has 0 bridgehead atoms. The summed E-state index contributed by atoms with van der Waals surface area (Å²) in [6, 6.07) is 4.18. The molecule has 18 heavy (non-hydrogen) atoms. The molecule has 1 saturated carbocycles. The van der Waals surface area contributed by atoms with Gasteiger partial charge in [0.25, 0.3) is 0 Å². The molecule has 2 fully saturated rings. The fraction of sp³-hybridized carbons (Fsp3) is 0.533. The third-order valence-electron chi connectivity index (χ3n) is 4.23. The Labute approximate surface area is 107 Å². The number of nitrogens with zero attached hydrogens (tertiary/aromatic N) is 1. The summed E-state index contributed by atoms with van der Waals surface area (Å²) >= 11 is 0. The van der Waals surface area contributed by atoms with Gasteiger partial charge in [-0.05, 0) is 43.4 Å². The predicted octanol–water partition coefficient (Wildman–Crippen LogP) is 3.08. The first kappa shape index (κ1) is 11.6. The molecule has 1 saturated heterocycles. The van der Waals surface area contributed by atoms with Crippen molar-refractivity contribution in [2.24, 2.45) is 5.92 Å². The fourth-order valence-corrected chi connectivity index (χ4v) is 3.31. The Kier molecular flexibility index (Phi) is 3.22. The summed E-state index contributed by atoms with van der Waals surface area (Å²) < 4.78 is 5.20. The Morgan fingerprint density at radius 2 is 2.22 bits per heavy atom. The number of hydrogen-bond donors (Lipinski definition) is 0. The number of hydrogen-bond acceptors (Lipinski definition) is 2. The van der Waals surface area contributed by atoms with Crippen molar-refractivity contribution in [1.82, 2.24) is 4.90 Å². The van der Waals surface area contributed by atoms with Crippen molar-refractivity contribution in [3.63, 3.8) is 0 Å². The van der Waals surface area contributed by atoms with Gasteiger partial charge in [0.05, 0.1) is 6.26 Å². The third kappa shape index (κ3) is 2.22. The predicted molar refractivity (Wildman–Crippen MR) is 69.8 cm³/mol. The van der Waals surface area contributed by atoms with Crippen LogP contribution < -0.4 is 0 Å². The molecule has 3 heteroatoms. The van der Waals surface area contributed by atoms with E-state index in [4.69, 9.17) is 4.42 Å². The van der Waals surface area contributed by atoms with E-state index in [0.29, 0.717) is 6.04 Å². The van der Waals surface area contributed by atoms with Crippen molar-refractivity contribution in [3.05, 3.63) is 30.2 Å². The number of rotatable bonds is 2. The molecule has 1 aliphatic heterocycles. The van der Waals surface area contributed by atoms with Crippen LogP contribution in [-0.4, -0.2) is 23.4 Å². The van der Waals surface area contributed by atoms with Gasteiger partial charge < -0.3 is 9.32 Å². The number of likely N-dealkylation sites (tertiary alicyclic amines) is 1. The second kappa shape index (κ2) is 5.01. The van der Waals surface area contributed by atoms with E-state index < -0.39 is 0 Å². The lowest BCUT2D eigenvalue weighted by Crippen LogP contribution is -2.38. The summed E-state index contributed by atoms with van der Waals surface area (Å²) in [5.74, 6) is 1.63. The molecule has 2 heterocycles. The van der Waals surface area contributed by atoms with Gasteiger partial charge in [-0.25, -0.2) is 0 Å². The van der Waals surface area contributed by atoms with Crippen LogP contribution in [0.4, 0.5) is 0 Å². The van der Waals surface area contributed by atoms with Crippen LogP contribution in [0.2, 0.25) is 0 Å². The molecule has 1 amide bonds. The normalized spacial score (nSPS) is 27.7. The monoisotopic (exact) mass is 245 g/mol. The Bertz CT molecular complexity index is 435. The van der Waals surface area contributed by atoms with Crippen molar-refractivity contribution < 1.29 is 9.21 Å². The lowest BCUT2D eigenvalue weighted by atomic mass is 9.85. The Balaban J connectivity index is 1.66. The number of amides is 1. The molecule has 2 unspecified atom stereocenters. The van der Waals surface area contributed by atoms with Crippen LogP contribution in [0, 0.1) is 5.92 Å². The SMILES string of the molecule is O=C(C=Cc1ccco1)N1CCC2CCCCC21. The second-order valence-corrected chi connectivity index (χ2v) is 5.28. The minimum absolute atomic E-state index is 0.140. The van der Waals surface area contributed by atoms with E-state index in [0.717, 1.165) is 18.2 Å². The van der Waals surface area contributed by atoms with E-state index >= 15 is 0 Å². The van der Waals surface area contributed by atoms with Gasteiger partial charge in [-0.15, -0.1) is 0 Å². The molecule has 0 spiro atoms. The molecule has 96 valence electrons. The minimum atomic E-state index is 0.140. The van der Waals surface area contributed by atoms with Gasteiger partial charge >= 0.3 is 0 Å². The van der Waals surface area contributed by atoms with Crippen LogP contribution in [-0.2, 0) is 4.79 Å². The van der Waals surface area contributed by atoms with Crippen LogP contribution in [0.15, 0.2) is 28.9 Å². The highest BCUT2D eigenvalue weighted by Gasteiger charge is 2.37. The third-order valence-corrected chi connectivity index (χ3v) is 4.23. The first-order valence-corrected chi connectivity index (χ1v) is 6.87. The molecule has 2 aliphatic rings. The summed E-state index contributed by atoms with van der Waals surface area (Å²) in [6.45, 7) is 0.927. The highest BCUT2D eigenvalue weighted by Crippen LogP contribution is 2.36. The zero-order chi connectivity index (χ0) is 12.4. The number of fused-ring (bicyclic) bond motifs is 1. The van der Waals surface area contributed by atoms with Crippen LogP contribution >= 0.6 is 0 Å². The molecular weight excluding hydrogens is 226 g/mol. The average Bonchev–Trinajstić information content (AvgIpc) is 3.05. The quantitative estimate of drug-likeness (QED) is 0.750. The van der Waals surface area contributed by atoms with Crippen LogP contribution in [0.5, 0.6) is 0 Å². The van der Waals surface area contributed by atoms with Crippen LogP contribution in [0.3, 0.4) is 0 Å². The maximum Gasteiger partial charge on any atom is 0.246 e. The molecule has 1 aromatic rings. The first-order chi connectivity index (χ1) is 8.84. The van der Waals surface area contributed by atoms with E-state index in [1.807, 2.05) is 12.1 Å². The summed E-state index contributed by atoms with van der Waals surface area (Å²) in [6.07, 6.45) is 11.3. The van der Waals surface area contributed by atoms with E-state index in [1.54, 1.807) is 18.4 Å². The van der Waals surface area contributed by atoms with E-state index in [2.05, 4.69) is 4.90 Å². The van der Waals surface area contributed by atoms with Crippen molar-refractivity contribution in [2.75, 3.05) is 6.54 Å². The van der Waals surface area contributed by atoms with Crippen molar-refractivity contribution in [2.45, 2.75) is 38.1 Å². The Hall–Kier alpha value is -1.51. The van der Waals surface area contributed by atoms with E-state index in [9.17, 15) is 4.79 Å². The maximum absolute atomic E-state index is 12.2. The van der Waals surface area contributed by atoms with Gasteiger partial charge in [-0.1, -0.05) is 12.8 Å². The first-order valence-electron chi connectivity index (χ1n) is 6.87. The summed E-state index contributed by atoms with van der Waals surface area (Å²) in [7, 11) is 0. The molecule has 3 nitrogen and oxygen atoms in total. The summed E-state index contributed by atoms with van der Waals surface area (Å²) in [4.78, 5) is 14.3. The standard InChI is InChI=1S/C15H19NO2/c17-15(8-7-13-5-3-11-18-13)16-10-9-12-4-1-2-6-14(12)16/h3,5,7-8,11-12,14H,1-2,4,6,9-10H2. The summed E-state index contributed by atoms with van der Waals surface area (Å²) in [5, 5.41) is 0. The number of furan rings is 1. The Morgan fingerprint density at radius 1 is 1.33 bits per heavy atom. The lowest BCUT2D eigenvalue weighted by molar-refractivity contribution is -0.127. The molecule has 0 aromatic carbocycles. The maximum atomic E-state index is 12.2. The average molecular weight is 245 g/mol. The topological polar surface area (TPSA) is 33.5 Å².